The van der Waals surface area contributed by atoms with Crippen molar-refractivity contribution in [2.24, 2.45) is 5.92 Å². The van der Waals surface area contributed by atoms with Crippen LogP contribution in [-0.2, 0) is 20.9 Å². The van der Waals surface area contributed by atoms with Crippen LogP contribution in [0, 0.1) is 5.92 Å². The largest absolute Gasteiger partial charge is 0.492 e. The second-order valence-corrected chi connectivity index (χ2v) is 9.28. The van der Waals surface area contributed by atoms with Crippen LogP contribution in [0.4, 0.5) is 5.69 Å². The van der Waals surface area contributed by atoms with Gasteiger partial charge in [0.2, 0.25) is 11.8 Å². The third-order valence-corrected chi connectivity index (χ3v) is 6.80. The van der Waals surface area contributed by atoms with E-state index in [1.807, 2.05) is 24.3 Å². The first-order chi connectivity index (χ1) is 16.5. The Balaban J connectivity index is 1.23. The van der Waals surface area contributed by atoms with Crippen molar-refractivity contribution < 1.29 is 19.1 Å². The number of nitrogens with one attached hydrogen (secondary N) is 1. The Morgan fingerprint density at radius 3 is 2.71 bits per heavy atom. The van der Waals surface area contributed by atoms with Crippen molar-refractivity contribution in [2.75, 3.05) is 44.9 Å². The Morgan fingerprint density at radius 1 is 1.18 bits per heavy atom. The summed E-state index contributed by atoms with van der Waals surface area (Å²) in [5.74, 6) is -0.315. The van der Waals surface area contributed by atoms with Gasteiger partial charge in [-0.1, -0.05) is 23.7 Å². The molecule has 0 saturated carbocycles. The molecular weight excluding hydrogens is 454 g/mol. The molecule has 1 atom stereocenters. The maximum Gasteiger partial charge on any atom is 0.239 e. The van der Waals surface area contributed by atoms with E-state index in [1.165, 1.54) is 0 Å². The molecule has 0 radical (unpaired) electrons. The number of carbonyl (C=O) groups excluding carboxylic acids is 2. The summed E-state index contributed by atoms with van der Waals surface area (Å²) in [6, 6.07) is 15.4. The number of halogens is 1. The molecule has 1 unspecified atom stereocenters. The lowest BCUT2D eigenvalue weighted by atomic mass is 10.1. The first-order valence-corrected chi connectivity index (χ1v) is 12.2. The molecule has 1 N–H and O–H groups in total. The topological polar surface area (TPSA) is 71.1 Å². The predicted octanol–water partition coefficient (Wildman–Crippen LogP) is 3.50. The summed E-state index contributed by atoms with van der Waals surface area (Å²) >= 11 is 5.94. The Kier molecular flexibility index (Phi) is 8.43. The summed E-state index contributed by atoms with van der Waals surface area (Å²) < 4.78 is 11.4. The number of carbonyl (C=O) groups is 2. The molecule has 2 amide bonds. The smallest absolute Gasteiger partial charge is 0.239 e. The number of hydrogen-bond acceptors (Lipinski definition) is 5. The monoisotopic (exact) mass is 485 g/mol. The number of likely N-dealkylation sites (N-methyl/N-ethyl adjacent to an activating group) is 1. The summed E-state index contributed by atoms with van der Waals surface area (Å²) in [6.45, 7) is 3.97. The molecule has 2 aromatic carbocycles. The number of rotatable bonds is 9. The van der Waals surface area contributed by atoms with Crippen LogP contribution in [-0.4, -0.2) is 62.7 Å². The fourth-order valence-electron chi connectivity index (χ4n) is 4.47. The summed E-state index contributed by atoms with van der Waals surface area (Å²) in [5, 5.41) is 3.53. The van der Waals surface area contributed by atoms with E-state index in [4.69, 9.17) is 21.1 Å². The van der Waals surface area contributed by atoms with Crippen LogP contribution in [0.1, 0.15) is 24.8 Å². The van der Waals surface area contributed by atoms with Gasteiger partial charge < -0.3 is 19.7 Å². The van der Waals surface area contributed by atoms with E-state index >= 15 is 0 Å². The average molecular weight is 486 g/mol. The van der Waals surface area contributed by atoms with E-state index in [9.17, 15) is 9.59 Å². The van der Waals surface area contributed by atoms with Gasteiger partial charge in [0.15, 0.2) is 0 Å². The minimum absolute atomic E-state index is 0.175. The highest BCUT2D eigenvalue weighted by Crippen LogP contribution is 2.26. The minimum Gasteiger partial charge on any atom is -0.492 e. The van der Waals surface area contributed by atoms with Gasteiger partial charge in [0, 0.05) is 49.6 Å². The van der Waals surface area contributed by atoms with Crippen LogP contribution >= 0.6 is 11.6 Å². The van der Waals surface area contributed by atoms with Crippen LogP contribution in [0.25, 0.3) is 0 Å². The molecule has 34 heavy (non-hydrogen) atoms. The van der Waals surface area contributed by atoms with Gasteiger partial charge in [-0.25, -0.2) is 0 Å². The van der Waals surface area contributed by atoms with Crippen LogP contribution in [0.15, 0.2) is 48.5 Å². The number of amides is 2. The predicted molar refractivity (Wildman–Crippen MR) is 132 cm³/mol. The quantitative estimate of drug-likeness (QED) is 0.550. The molecule has 0 aliphatic carbocycles. The van der Waals surface area contributed by atoms with Gasteiger partial charge in [0.05, 0.1) is 0 Å². The van der Waals surface area contributed by atoms with Crippen LogP contribution in [0.3, 0.4) is 0 Å². The Hall–Kier alpha value is -2.61. The van der Waals surface area contributed by atoms with E-state index in [2.05, 4.69) is 17.3 Å². The second kappa shape index (κ2) is 11.7. The number of hydrogen-bond donors (Lipinski definition) is 1. The zero-order valence-corrected chi connectivity index (χ0v) is 20.3. The fraction of sp³-hybridized carbons (Fsp3) is 0.462. The zero-order valence-electron chi connectivity index (χ0n) is 19.5. The standard InChI is InChI=1S/C26H32ClN3O4/c1-29(21-10-14-33-15-11-21)13-16-34-23-4-2-3-19(17-23)18-28-25(31)24-9-12-30(26(24)32)22-7-5-20(27)6-8-22/h2-8,17,21,24H,9-16,18H2,1H3,(H,28,31). The van der Waals surface area contributed by atoms with E-state index in [0.717, 1.165) is 49.6 Å². The Labute approximate surface area is 206 Å². The molecule has 7 nitrogen and oxygen atoms in total. The molecule has 182 valence electrons. The van der Waals surface area contributed by atoms with Crippen molar-refractivity contribution in [3.05, 3.63) is 59.1 Å². The van der Waals surface area contributed by atoms with E-state index in [1.54, 1.807) is 29.2 Å². The first kappa shape index (κ1) is 24.5. The van der Waals surface area contributed by atoms with Gasteiger partial charge in [0.25, 0.3) is 0 Å². The van der Waals surface area contributed by atoms with Crippen molar-refractivity contribution in [2.45, 2.75) is 31.8 Å². The highest BCUT2D eigenvalue weighted by molar-refractivity contribution is 6.30. The third kappa shape index (κ3) is 6.29. The molecule has 0 spiro atoms. The van der Waals surface area contributed by atoms with Crippen molar-refractivity contribution in [1.82, 2.24) is 10.2 Å². The number of anilines is 1. The minimum atomic E-state index is -0.671. The normalized spacial score (nSPS) is 19.0. The molecule has 4 rings (SSSR count). The van der Waals surface area contributed by atoms with Crippen LogP contribution in [0.2, 0.25) is 5.02 Å². The number of ether oxygens (including phenoxy) is 2. The average Bonchev–Trinajstić information content (AvgIpc) is 3.25. The van der Waals surface area contributed by atoms with E-state index in [-0.39, 0.29) is 11.8 Å². The summed E-state index contributed by atoms with van der Waals surface area (Å²) in [4.78, 5) is 29.5. The van der Waals surface area contributed by atoms with Gasteiger partial charge >= 0.3 is 0 Å². The first-order valence-electron chi connectivity index (χ1n) is 11.9. The molecule has 2 aliphatic rings. The van der Waals surface area contributed by atoms with Crippen LogP contribution < -0.4 is 15.0 Å². The molecule has 2 aromatic rings. The maximum atomic E-state index is 12.8. The SMILES string of the molecule is CN(CCOc1cccc(CNC(=O)C2CCN(c3ccc(Cl)cc3)C2=O)c1)C1CCOCC1. The van der Waals surface area contributed by atoms with Gasteiger partial charge in [-0.05, 0) is 68.3 Å². The fourth-order valence-corrected chi connectivity index (χ4v) is 4.60. The zero-order chi connectivity index (χ0) is 23.9. The molecule has 8 heteroatoms. The van der Waals surface area contributed by atoms with Crippen molar-refractivity contribution in [3.63, 3.8) is 0 Å². The molecule has 2 saturated heterocycles. The lowest BCUT2D eigenvalue weighted by Crippen LogP contribution is -2.38. The Morgan fingerprint density at radius 2 is 1.94 bits per heavy atom. The molecular formula is C26H32ClN3O4. The highest BCUT2D eigenvalue weighted by atomic mass is 35.5. The lowest BCUT2D eigenvalue weighted by Gasteiger charge is -2.31. The third-order valence-electron chi connectivity index (χ3n) is 6.55. The lowest BCUT2D eigenvalue weighted by molar-refractivity contribution is -0.132. The Bertz CT molecular complexity index is 978. The second-order valence-electron chi connectivity index (χ2n) is 8.85. The molecule has 2 heterocycles. The molecule has 0 aromatic heterocycles. The van der Waals surface area contributed by atoms with E-state index in [0.29, 0.717) is 37.2 Å². The van der Waals surface area contributed by atoms with Crippen molar-refractivity contribution in [1.29, 1.82) is 0 Å². The van der Waals surface area contributed by atoms with Crippen molar-refractivity contribution >= 4 is 29.1 Å². The van der Waals surface area contributed by atoms with Gasteiger partial charge in [-0.15, -0.1) is 0 Å². The van der Waals surface area contributed by atoms with Crippen LogP contribution in [0.5, 0.6) is 5.75 Å². The van der Waals surface area contributed by atoms with Gasteiger partial charge in [-0.3, -0.25) is 14.5 Å². The molecule has 2 aliphatic heterocycles. The van der Waals surface area contributed by atoms with Gasteiger partial charge in [0.1, 0.15) is 18.3 Å². The van der Waals surface area contributed by atoms with Gasteiger partial charge in [-0.2, -0.15) is 0 Å². The molecule has 0 bridgehead atoms. The summed E-state index contributed by atoms with van der Waals surface area (Å²) in [6.07, 6.45) is 2.62. The number of benzene rings is 2. The molecule has 2 fully saturated rings. The maximum absolute atomic E-state index is 12.8. The van der Waals surface area contributed by atoms with E-state index < -0.39 is 5.92 Å². The summed E-state index contributed by atoms with van der Waals surface area (Å²) in [7, 11) is 2.13. The number of nitrogens with zero attached hydrogens (tertiary/aromatic N) is 2. The summed E-state index contributed by atoms with van der Waals surface area (Å²) in [5.41, 5.74) is 1.70. The highest BCUT2D eigenvalue weighted by Gasteiger charge is 2.37. The van der Waals surface area contributed by atoms with Crippen molar-refractivity contribution in [3.8, 4) is 5.75 Å².